The van der Waals surface area contributed by atoms with Crippen LogP contribution in [0.3, 0.4) is 0 Å². The summed E-state index contributed by atoms with van der Waals surface area (Å²) in [5, 5.41) is 11.5. The van der Waals surface area contributed by atoms with Crippen molar-refractivity contribution in [1.29, 1.82) is 0 Å². The van der Waals surface area contributed by atoms with Crippen LogP contribution < -0.4 is 11.0 Å². The Morgan fingerprint density at radius 2 is 1.97 bits per heavy atom. The van der Waals surface area contributed by atoms with Gasteiger partial charge < -0.3 is 14.6 Å². The Hall–Kier alpha value is -3.44. The number of imidazole rings is 1. The SMILES string of the molecule is COC1CC(c2cccc(-n3cc4c(C(F)(F)F)cc(CNCC(C)C)cn4c3=O)c2)(c2nncn2C)C1. The average molecular weight is 529 g/mol. The van der Waals surface area contributed by atoms with Crippen LogP contribution in [0.15, 0.2) is 53.8 Å². The molecule has 1 N–H and O–H groups in total. The molecule has 0 amide bonds. The quantitative estimate of drug-likeness (QED) is 0.373. The summed E-state index contributed by atoms with van der Waals surface area (Å²) < 4.78 is 51.9. The number of hydrogen-bond donors (Lipinski definition) is 1. The van der Waals surface area contributed by atoms with Crippen molar-refractivity contribution in [2.45, 2.75) is 50.9 Å². The highest BCUT2D eigenvalue weighted by Crippen LogP contribution is 2.49. The molecule has 202 valence electrons. The fourth-order valence-corrected chi connectivity index (χ4v) is 5.36. The van der Waals surface area contributed by atoms with Crippen molar-refractivity contribution in [3.8, 4) is 5.69 Å². The Morgan fingerprint density at radius 3 is 2.61 bits per heavy atom. The number of rotatable bonds is 8. The van der Waals surface area contributed by atoms with E-state index >= 15 is 0 Å². The van der Waals surface area contributed by atoms with Crippen LogP contribution in [0.2, 0.25) is 0 Å². The van der Waals surface area contributed by atoms with Gasteiger partial charge in [-0.25, -0.2) is 4.79 Å². The monoisotopic (exact) mass is 528 g/mol. The van der Waals surface area contributed by atoms with Crippen LogP contribution in [0.5, 0.6) is 0 Å². The van der Waals surface area contributed by atoms with Crippen LogP contribution in [0.25, 0.3) is 11.2 Å². The summed E-state index contributed by atoms with van der Waals surface area (Å²) in [7, 11) is 3.54. The molecule has 1 fully saturated rings. The lowest BCUT2D eigenvalue weighted by Gasteiger charge is -2.46. The van der Waals surface area contributed by atoms with E-state index in [1.54, 1.807) is 19.5 Å². The van der Waals surface area contributed by atoms with Crippen molar-refractivity contribution >= 4 is 5.52 Å². The van der Waals surface area contributed by atoms with Gasteiger partial charge >= 0.3 is 11.9 Å². The van der Waals surface area contributed by atoms with Crippen LogP contribution in [0, 0.1) is 5.92 Å². The lowest BCUT2D eigenvalue weighted by Crippen LogP contribution is -2.48. The molecule has 1 aliphatic rings. The molecule has 0 atom stereocenters. The largest absolute Gasteiger partial charge is 0.418 e. The average Bonchev–Trinajstić information content (AvgIpc) is 3.41. The van der Waals surface area contributed by atoms with E-state index in [2.05, 4.69) is 15.5 Å². The molecular weight excluding hydrogens is 497 g/mol. The number of fused-ring (bicyclic) bond motifs is 1. The highest BCUT2D eigenvalue weighted by Gasteiger charge is 2.50. The summed E-state index contributed by atoms with van der Waals surface area (Å²) >= 11 is 0. The molecule has 0 radical (unpaired) electrons. The molecule has 1 saturated carbocycles. The number of nitrogens with zero attached hydrogens (tertiary/aromatic N) is 5. The minimum atomic E-state index is -4.61. The van der Waals surface area contributed by atoms with E-state index in [0.717, 1.165) is 21.9 Å². The summed E-state index contributed by atoms with van der Waals surface area (Å²) in [5.74, 6) is 1.12. The van der Waals surface area contributed by atoms with Gasteiger partial charge in [-0.05, 0) is 54.6 Å². The molecule has 8 nitrogen and oxygen atoms in total. The molecule has 0 unspecified atom stereocenters. The fraction of sp³-hybridized carbons (Fsp3) is 0.444. The minimum absolute atomic E-state index is 0.0483. The van der Waals surface area contributed by atoms with Crippen LogP contribution in [0.4, 0.5) is 13.2 Å². The topological polar surface area (TPSA) is 78.4 Å². The molecule has 5 rings (SSSR count). The van der Waals surface area contributed by atoms with Crippen molar-refractivity contribution in [2.75, 3.05) is 13.7 Å². The third-order valence-corrected chi connectivity index (χ3v) is 7.31. The van der Waals surface area contributed by atoms with Gasteiger partial charge in [0.2, 0.25) is 0 Å². The van der Waals surface area contributed by atoms with E-state index in [1.165, 1.54) is 17.0 Å². The zero-order valence-electron chi connectivity index (χ0n) is 21.8. The number of nitrogens with one attached hydrogen (secondary N) is 1. The van der Waals surface area contributed by atoms with E-state index in [-0.39, 0.29) is 18.2 Å². The molecular formula is C27H31F3N6O2. The Bertz CT molecular complexity index is 1510. The van der Waals surface area contributed by atoms with Gasteiger partial charge in [0.1, 0.15) is 12.2 Å². The number of halogens is 3. The van der Waals surface area contributed by atoms with E-state index in [4.69, 9.17) is 4.74 Å². The summed E-state index contributed by atoms with van der Waals surface area (Å²) in [6, 6.07) is 8.44. The highest BCUT2D eigenvalue weighted by molar-refractivity contribution is 5.58. The number of hydrogen-bond acceptors (Lipinski definition) is 5. The summed E-state index contributed by atoms with van der Waals surface area (Å²) in [5.41, 5.74) is -0.304. The second kappa shape index (κ2) is 9.70. The van der Waals surface area contributed by atoms with Gasteiger partial charge in [-0.15, -0.1) is 10.2 Å². The van der Waals surface area contributed by atoms with Crippen molar-refractivity contribution in [2.24, 2.45) is 13.0 Å². The maximum Gasteiger partial charge on any atom is 0.418 e. The van der Waals surface area contributed by atoms with E-state index in [0.29, 0.717) is 36.6 Å². The number of ether oxygens (including phenoxy) is 1. The van der Waals surface area contributed by atoms with E-state index in [1.807, 2.05) is 43.7 Å². The number of methoxy groups -OCH3 is 1. The Labute approximate surface area is 218 Å². The first-order valence-corrected chi connectivity index (χ1v) is 12.6. The van der Waals surface area contributed by atoms with E-state index in [9.17, 15) is 18.0 Å². The van der Waals surface area contributed by atoms with Crippen LogP contribution in [-0.4, -0.2) is 43.5 Å². The van der Waals surface area contributed by atoms with Crippen molar-refractivity contribution < 1.29 is 17.9 Å². The third-order valence-electron chi connectivity index (χ3n) is 7.31. The van der Waals surface area contributed by atoms with Crippen molar-refractivity contribution in [1.82, 2.24) is 29.0 Å². The molecule has 0 spiro atoms. The number of benzene rings is 1. The van der Waals surface area contributed by atoms with Crippen molar-refractivity contribution in [3.05, 3.63) is 82.1 Å². The molecule has 1 aliphatic carbocycles. The highest BCUT2D eigenvalue weighted by atomic mass is 19.4. The second-order valence-electron chi connectivity index (χ2n) is 10.5. The van der Waals surface area contributed by atoms with Crippen LogP contribution in [-0.2, 0) is 29.9 Å². The molecule has 0 aliphatic heterocycles. The first kappa shape index (κ1) is 26.2. The predicted molar refractivity (Wildman–Crippen MR) is 136 cm³/mol. The van der Waals surface area contributed by atoms with Gasteiger partial charge in [0.25, 0.3) is 0 Å². The number of pyridine rings is 1. The third kappa shape index (κ3) is 4.54. The summed E-state index contributed by atoms with van der Waals surface area (Å²) in [6.07, 6.45) is 1.18. The Balaban J connectivity index is 1.60. The normalized spacial score (nSPS) is 19.8. The lowest BCUT2D eigenvalue weighted by atomic mass is 9.62. The van der Waals surface area contributed by atoms with Crippen molar-refractivity contribution in [3.63, 3.8) is 0 Å². The zero-order valence-corrected chi connectivity index (χ0v) is 21.8. The summed E-state index contributed by atoms with van der Waals surface area (Å²) in [4.78, 5) is 13.5. The molecule has 3 heterocycles. The fourth-order valence-electron chi connectivity index (χ4n) is 5.36. The van der Waals surface area contributed by atoms with Gasteiger partial charge in [0, 0.05) is 33.1 Å². The van der Waals surface area contributed by atoms with Gasteiger partial charge in [-0.3, -0.25) is 8.97 Å². The number of alkyl halides is 3. The molecule has 3 aromatic heterocycles. The van der Waals surface area contributed by atoms with Gasteiger partial charge in [0.15, 0.2) is 0 Å². The van der Waals surface area contributed by atoms with Gasteiger partial charge in [0.05, 0.1) is 28.3 Å². The lowest BCUT2D eigenvalue weighted by molar-refractivity contribution is -0.136. The molecule has 38 heavy (non-hydrogen) atoms. The smallest absolute Gasteiger partial charge is 0.381 e. The first-order valence-electron chi connectivity index (χ1n) is 12.6. The van der Waals surface area contributed by atoms with E-state index < -0.39 is 22.8 Å². The standard InChI is InChI=1S/C27H31F3N6O2/c1-17(2)12-31-13-18-8-22(27(28,29)30)23-15-35(25(37)36(23)14-18)20-7-5-6-19(9-20)26(10-21(11-26)38-4)24-33-32-16-34(24)3/h5-9,14-17,21,31H,10-13H2,1-4H3. The Kier molecular flexibility index (Phi) is 6.68. The number of aryl methyl sites for hydroxylation is 1. The van der Waals surface area contributed by atoms with Gasteiger partial charge in [-0.1, -0.05) is 26.0 Å². The minimum Gasteiger partial charge on any atom is -0.381 e. The molecule has 1 aromatic carbocycles. The van der Waals surface area contributed by atoms with Crippen LogP contribution in [0.1, 0.15) is 49.2 Å². The van der Waals surface area contributed by atoms with Crippen LogP contribution >= 0.6 is 0 Å². The second-order valence-corrected chi connectivity index (χ2v) is 10.5. The maximum atomic E-state index is 14.1. The maximum absolute atomic E-state index is 14.1. The predicted octanol–water partition coefficient (Wildman–Crippen LogP) is 4.08. The molecule has 11 heteroatoms. The molecule has 0 saturated heterocycles. The zero-order chi connectivity index (χ0) is 27.2. The number of aromatic nitrogens is 5. The van der Waals surface area contributed by atoms with Gasteiger partial charge in [-0.2, -0.15) is 13.2 Å². The summed E-state index contributed by atoms with van der Waals surface area (Å²) in [6.45, 7) is 4.91. The molecule has 0 bridgehead atoms. The molecule has 4 aromatic rings. The Morgan fingerprint density at radius 1 is 1.21 bits per heavy atom. The first-order chi connectivity index (χ1) is 18.0.